The van der Waals surface area contributed by atoms with Crippen LogP contribution in [0.2, 0.25) is 0 Å². The molecule has 0 bridgehead atoms. The highest BCUT2D eigenvalue weighted by Crippen LogP contribution is 2.05. The molecule has 0 aromatic carbocycles. The molecule has 2 heteroatoms. The van der Waals surface area contributed by atoms with E-state index in [9.17, 15) is 4.79 Å². The first-order valence-corrected chi connectivity index (χ1v) is 6.30. The minimum atomic E-state index is -0.640. The Labute approximate surface area is 106 Å². The summed E-state index contributed by atoms with van der Waals surface area (Å²) in [5, 5.41) is 9.11. The van der Waals surface area contributed by atoms with Gasteiger partial charge in [-0.25, -0.2) is 0 Å². The highest BCUT2D eigenvalue weighted by atomic mass is 16.3. The summed E-state index contributed by atoms with van der Waals surface area (Å²) in [4.78, 5) is 9.79. The van der Waals surface area contributed by atoms with Gasteiger partial charge in [0.2, 0.25) is 0 Å². The minimum Gasteiger partial charge on any atom is -0.386 e. The zero-order valence-electron chi connectivity index (χ0n) is 12.0. The predicted molar refractivity (Wildman–Crippen MR) is 75.1 cm³/mol. The Morgan fingerprint density at radius 1 is 1.24 bits per heavy atom. The van der Waals surface area contributed by atoms with Gasteiger partial charge in [0, 0.05) is 6.42 Å². The van der Waals surface area contributed by atoms with Gasteiger partial charge in [0.05, 0.1) is 5.60 Å². The zero-order chi connectivity index (χ0) is 13.7. The summed E-state index contributed by atoms with van der Waals surface area (Å²) < 4.78 is 0. The van der Waals surface area contributed by atoms with Gasteiger partial charge < -0.3 is 9.90 Å². The lowest BCUT2D eigenvalue weighted by Crippen LogP contribution is -2.14. The normalized spacial score (nSPS) is 10.7. The number of hydrogen-bond acceptors (Lipinski definition) is 2. The molecule has 0 unspecified atom stereocenters. The average molecular weight is 240 g/mol. The molecule has 0 aliphatic heterocycles. The Balaban J connectivity index is 0. The highest BCUT2D eigenvalue weighted by molar-refractivity contribution is 5.51. The van der Waals surface area contributed by atoms with Crippen LogP contribution in [0.1, 0.15) is 60.3 Å². The molecule has 0 aliphatic carbocycles. The second kappa shape index (κ2) is 11.6. The van der Waals surface area contributed by atoms with Crippen LogP contribution in [0.25, 0.3) is 0 Å². The zero-order valence-corrected chi connectivity index (χ0v) is 12.0. The molecule has 0 aliphatic rings. The Kier molecular flexibility index (Phi) is 12.6. The Hall–Kier alpha value is -0.890. The van der Waals surface area contributed by atoms with Gasteiger partial charge >= 0.3 is 0 Å². The topological polar surface area (TPSA) is 37.3 Å². The van der Waals surface area contributed by atoms with E-state index in [0.29, 0.717) is 6.42 Å². The number of aliphatic hydroxyl groups is 1. The molecule has 0 saturated heterocycles. The van der Waals surface area contributed by atoms with Crippen LogP contribution in [-0.2, 0) is 4.79 Å². The van der Waals surface area contributed by atoms with Crippen LogP contribution in [0.5, 0.6) is 0 Å². The maximum Gasteiger partial charge on any atom is 0.123 e. The first-order chi connectivity index (χ1) is 7.83. The molecule has 0 rings (SSSR count). The maximum atomic E-state index is 9.79. The first kappa shape index (κ1) is 18.5. The smallest absolute Gasteiger partial charge is 0.123 e. The number of rotatable bonds is 6. The Morgan fingerprint density at radius 2 is 1.82 bits per heavy atom. The predicted octanol–water partition coefficient (Wildman–Crippen LogP) is 4.05. The van der Waals surface area contributed by atoms with E-state index in [2.05, 4.69) is 13.0 Å². The van der Waals surface area contributed by atoms with Crippen LogP contribution < -0.4 is 0 Å². The SMILES string of the molecule is CC(C)=CC(C)(C)O.CCCCC=CCC=O. The van der Waals surface area contributed by atoms with Gasteiger partial charge in [0.15, 0.2) is 0 Å². The lowest BCUT2D eigenvalue weighted by Gasteiger charge is -2.10. The summed E-state index contributed by atoms with van der Waals surface area (Å²) in [5.41, 5.74) is 0.510. The molecule has 1 N–H and O–H groups in total. The van der Waals surface area contributed by atoms with Gasteiger partial charge in [-0.15, -0.1) is 0 Å². The van der Waals surface area contributed by atoms with Crippen molar-refractivity contribution >= 4 is 6.29 Å². The van der Waals surface area contributed by atoms with E-state index in [1.54, 1.807) is 13.8 Å². The van der Waals surface area contributed by atoms with E-state index in [1.165, 1.54) is 12.8 Å². The average Bonchev–Trinajstić information content (AvgIpc) is 2.15. The molecule has 0 heterocycles. The quantitative estimate of drug-likeness (QED) is 0.432. The van der Waals surface area contributed by atoms with E-state index in [1.807, 2.05) is 26.0 Å². The van der Waals surface area contributed by atoms with Gasteiger partial charge in [-0.2, -0.15) is 0 Å². The molecule has 0 spiro atoms. The van der Waals surface area contributed by atoms with Crippen molar-refractivity contribution in [2.45, 2.75) is 65.9 Å². The molecule has 0 fully saturated rings. The van der Waals surface area contributed by atoms with Crippen molar-refractivity contribution in [2.24, 2.45) is 0 Å². The summed E-state index contributed by atoms with van der Waals surface area (Å²) in [5.74, 6) is 0. The summed E-state index contributed by atoms with van der Waals surface area (Å²) in [6.45, 7) is 9.63. The number of carbonyl (C=O) groups excluding carboxylic acids is 1. The number of allylic oxidation sites excluding steroid dienone is 3. The van der Waals surface area contributed by atoms with Crippen molar-refractivity contribution in [1.82, 2.24) is 0 Å². The fourth-order valence-electron chi connectivity index (χ4n) is 1.30. The molecule has 2 nitrogen and oxygen atoms in total. The van der Waals surface area contributed by atoms with Crippen LogP contribution in [0.4, 0.5) is 0 Å². The largest absolute Gasteiger partial charge is 0.386 e. The maximum absolute atomic E-state index is 9.79. The van der Waals surface area contributed by atoms with E-state index in [4.69, 9.17) is 5.11 Å². The van der Waals surface area contributed by atoms with E-state index >= 15 is 0 Å². The van der Waals surface area contributed by atoms with Crippen molar-refractivity contribution in [3.63, 3.8) is 0 Å². The van der Waals surface area contributed by atoms with E-state index in [-0.39, 0.29) is 0 Å². The summed E-state index contributed by atoms with van der Waals surface area (Å²) in [6.07, 6.45) is 10.9. The van der Waals surface area contributed by atoms with Gasteiger partial charge in [0.25, 0.3) is 0 Å². The lowest BCUT2D eigenvalue weighted by molar-refractivity contribution is -0.107. The number of hydrogen-bond donors (Lipinski definition) is 1. The third-order valence-corrected chi connectivity index (χ3v) is 1.77. The molecule has 0 aromatic rings. The first-order valence-electron chi connectivity index (χ1n) is 6.30. The minimum absolute atomic E-state index is 0.573. The van der Waals surface area contributed by atoms with Crippen molar-refractivity contribution in [3.8, 4) is 0 Å². The molecular weight excluding hydrogens is 212 g/mol. The van der Waals surface area contributed by atoms with Gasteiger partial charge in [-0.3, -0.25) is 0 Å². The molecule has 0 atom stereocenters. The Morgan fingerprint density at radius 3 is 2.12 bits per heavy atom. The standard InChI is InChI=1S/C8H14O.C7H14O/c1-2-3-4-5-6-7-8-9;1-6(2)5-7(3,4)8/h5-6,8H,2-4,7H2,1H3;5,8H,1-4H3. The van der Waals surface area contributed by atoms with Crippen molar-refractivity contribution in [1.29, 1.82) is 0 Å². The Bertz CT molecular complexity index is 228. The number of unbranched alkanes of at least 4 members (excludes halogenated alkanes) is 2. The molecule has 17 heavy (non-hydrogen) atoms. The van der Waals surface area contributed by atoms with Crippen LogP contribution in [-0.4, -0.2) is 17.0 Å². The monoisotopic (exact) mass is 240 g/mol. The van der Waals surface area contributed by atoms with Crippen LogP contribution >= 0.6 is 0 Å². The summed E-state index contributed by atoms with van der Waals surface area (Å²) >= 11 is 0. The second-order valence-corrected chi connectivity index (χ2v) is 4.89. The fourth-order valence-corrected chi connectivity index (χ4v) is 1.30. The van der Waals surface area contributed by atoms with Crippen molar-refractivity contribution < 1.29 is 9.90 Å². The van der Waals surface area contributed by atoms with Crippen molar-refractivity contribution in [2.75, 3.05) is 0 Å². The molecule has 100 valence electrons. The van der Waals surface area contributed by atoms with Gasteiger partial charge in [0.1, 0.15) is 6.29 Å². The fraction of sp³-hybridized carbons (Fsp3) is 0.667. The molecule has 0 amide bonds. The number of carbonyl (C=O) groups is 1. The van der Waals surface area contributed by atoms with E-state index < -0.39 is 5.60 Å². The number of aldehydes is 1. The summed E-state index contributed by atoms with van der Waals surface area (Å²) in [6, 6.07) is 0. The van der Waals surface area contributed by atoms with Crippen molar-refractivity contribution in [3.05, 3.63) is 23.8 Å². The highest BCUT2D eigenvalue weighted by Gasteiger charge is 2.05. The summed E-state index contributed by atoms with van der Waals surface area (Å²) in [7, 11) is 0. The molecule has 0 aromatic heterocycles. The lowest BCUT2D eigenvalue weighted by atomic mass is 10.1. The van der Waals surface area contributed by atoms with E-state index in [0.717, 1.165) is 18.3 Å². The second-order valence-electron chi connectivity index (χ2n) is 4.89. The van der Waals surface area contributed by atoms with Crippen LogP contribution in [0.15, 0.2) is 23.8 Å². The van der Waals surface area contributed by atoms with Gasteiger partial charge in [-0.05, 0) is 34.1 Å². The molecular formula is C15H28O2. The third kappa shape index (κ3) is 25.4. The molecule has 0 saturated carbocycles. The third-order valence-electron chi connectivity index (χ3n) is 1.77. The van der Waals surface area contributed by atoms with Gasteiger partial charge in [-0.1, -0.05) is 43.6 Å². The van der Waals surface area contributed by atoms with Crippen LogP contribution in [0, 0.1) is 0 Å². The molecule has 0 radical (unpaired) electrons. The van der Waals surface area contributed by atoms with Crippen LogP contribution in [0.3, 0.4) is 0 Å².